The zero-order valence-electron chi connectivity index (χ0n) is 14.1. The molecule has 132 valence electrons. The number of amides is 1. The predicted molar refractivity (Wildman–Crippen MR) is 102 cm³/mol. The van der Waals surface area contributed by atoms with E-state index in [2.05, 4.69) is 17.2 Å². The minimum atomic E-state index is -0.462. The lowest BCUT2D eigenvalue weighted by Crippen LogP contribution is -2.14. The number of aryl methyl sites for hydroxylation is 1. The molecule has 1 N–H and O–H groups in total. The molecule has 1 heterocycles. The van der Waals surface area contributed by atoms with E-state index in [1.54, 1.807) is 12.1 Å². The molecule has 0 saturated carbocycles. The molecule has 0 fully saturated rings. The van der Waals surface area contributed by atoms with Crippen molar-refractivity contribution in [2.24, 2.45) is 0 Å². The first-order valence-electron chi connectivity index (χ1n) is 8.15. The molecule has 0 unspecified atom stereocenters. The number of carbonyl (C=O) groups excluding carboxylic acids is 1. The molecule has 0 radical (unpaired) electrons. The summed E-state index contributed by atoms with van der Waals surface area (Å²) in [6.07, 6.45) is 0.972. The van der Waals surface area contributed by atoms with Crippen LogP contribution in [0.2, 0.25) is 0 Å². The molecule has 1 amide bonds. The van der Waals surface area contributed by atoms with Gasteiger partial charge >= 0.3 is 0 Å². The van der Waals surface area contributed by atoms with Gasteiger partial charge in [0, 0.05) is 22.6 Å². The van der Waals surface area contributed by atoms with Crippen LogP contribution in [0, 0.1) is 10.1 Å². The number of benzene rings is 2. The van der Waals surface area contributed by atoms with E-state index < -0.39 is 4.92 Å². The first-order valence-corrected chi connectivity index (χ1v) is 8.96. The number of carbonyl (C=O) groups is 1. The van der Waals surface area contributed by atoms with Gasteiger partial charge in [-0.1, -0.05) is 49.4 Å². The van der Waals surface area contributed by atoms with Crippen LogP contribution in [-0.4, -0.2) is 15.8 Å². The second-order valence-corrected chi connectivity index (χ2v) is 6.74. The van der Waals surface area contributed by atoms with Gasteiger partial charge in [-0.05, 0) is 12.0 Å². The summed E-state index contributed by atoms with van der Waals surface area (Å²) in [5.74, 6) is -0.199. The van der Waals surface area contributed by atoms with Crippen molar-refractivity contribution in [2.75, 3.05) is 5.32 Å². The molecule has 26 heavy (non-hydrogen) atoms. The Hall–Kier alpha value is -3.06. The maximum absolute atomic E-state index is 12.3. The van der Waals surface area contributed by atoms with E-state index >= 15 is 0 Å². The summed E-state index contributed by atoms with van der Waals surface area (Å²) in [6, 6.07) is 15.8. The monoisotopic (exact) mass is 367 g/mol. The highest BCUT2D eigenvalue weighted by atomic mass is 32.1. The van der Waals surface area contributed by atoms with E-state index in [1.807, 2.05) is 30.3 Å². The first-order chi connectivity index (χ1) is 12.6. The molecule has 0 atom stereocenters. The van der Waals surface area contributed by atoms with Gasteiger partial charge in [-0.25, -0.2) is 4.98 Å². The molecule has 1 aromatic heterocycles. The van der Waals surface area contributed by atoms with Crippen LogP contribution in [0.25, 0.3) is 11.3 Å². The summed E-state index contributed by atoms with van der Waals surface area (Å²) in [5.41, 5.74) is 2.64. The maximum Gasteiger partial charge on any atom is 0.269 e. The molecule has 0 spiro atoms. The normalized spacial score (nSPS) is 10.5. The number of anilines is 1. The molecule has 0 aliphatic heterocycles. The Kier molecular flexibility index (Phi) is 5.38. The largest absolute Gasteiger partial charge is 0.302 e. The van der Waals surface area contributed by atoms with E-state index in [9.17, 15) is 14.9 Å². The van der Waals surface area contributed by atoms with E-state index in [1.165, 1.54) is 23.5 Å². The van der Waals surface area contributed by atoms with Crippen molar-refractivity contribution in [3.63, 3.8) is 0 Å². The number of nitrogens with zero attached hydrogens (tertiary/aromatic N) is 2. The smallest absolute Gasteiger partial charge is 0.269 e. The summed E-state index contributed by atoms with van der Waals surface area (Å²) in [6.45, 7) is 2.06. The first kappa shape index (κ1) is 17.8. The lowest BCUT2D eigenvalue weighted by atomic mass is 10.1. The number of nitrogens with one attached hydrogen (secondary N) is 1. The van der Waals surface area contributed by atoms with Gasteiger partial charge in [-0.15, -0.1) is 11.3 Å². The number of rotatable bonds is 6. The Bertz CT molecular complexity index is 921. The third-order valence-corrected chi connectivity index (χ3v) is 4.94. The van der Waals surface area contributed by atoms with Gasteiger partial charge in [-0.2, -0.15) is 0 Å². The van der Waals surface area contributed by atoms with Gasteiger partial charge in [0.15, 0.2) is 5.13 Å². The van der Waals surface area contributed by atoms with Gasteiger partial charge in [0.05, 0.1) is 17.0 Å². The molecule has 6 nitrogen and oxygen atoms in total. The van der Waals surface area contributed by atoms with Crippen LogP contribution >= 0.6 is 11.3 Å². The zero-order valence-corrected chi connectivity index (χ0v) is 15.0. The fourth-order valence-electron chi connectivity index (χ4n) is 2.55. The molecule has 0 aliphatic rings. The highest BCUT2D eigenvalue weighted by Crippen LogP contribution is 2.31. The molecule has 3 aromatic rings. The van der Waals surface area contributed by atoms with E-state index in [-0.39, 0.29) is 18.0 Å². The predicted octanol–water partition coefficient (Wildman–Crippen LogP) is 4.46. The van der Waals surface area contributed by atoms with Crippen molar-refractivity contribution in [3.05, 3.63) is 75.2 Å². The Balaban J connectivity index is 1.71. The van der Waals surface area contributed by atoms with Crippen LogP contribution in [-0.2, 0) is 17.6 Å². The van der Waals surface area contributed by atoms with Crippen LogP contribution in [0.5, 0.6) is 0 Å². The summed E-state index contributed by atoms with van der Waals surface area (Å²) in [7, 11) is 0. The fourth-order valence-corrected chi connectivity index (χ4v) is 3.49. The van der Waals surface area contributed by atoms with Crippen molar-refractivity contribution in [1.82, 2.24) is 4.98 Å². The van der Waals surface area contributed by atoms with Gasteiger partial charge in [0.1, 0.15) is 0 Å². The summed E-state index contributed by atoms with van der Waals surface area (Å²) >= 11 is 1.47. The van der Waals surface area contributed by atoms with E-state index in [0.717, 1.165) is 22.6 Å². The van der Waals surface area contributed by atoms with Crippen molar-refractivity contribution < 1.29 is 9.72 Å². The van der Waals surface area contributed by atoms with E-state index in [0.29, 0.717) is 10.7 Å². The molecular formula is C19H17N3O3S. The van der Waals surface area contributed by atoms with Crippen LogP contribution < -0.4 is 5.32 Å². The quantitative estimate of drug-likeness (QED) is 0.515. The van der Waals surface area contributed by atoms with Gasteiger partial charge in [0.25, 0.3) is 5.69 Å². The number of thiazole rings is 1. The second-order valence-electron chi connectivity index (χ2n) is 5.66. The SMILES string of the molecule is CCc1sc(NC(=O)Cc2ccc([N+](=O)[O-])cc2)nc1-c1ccccc1. The average molecular weight is 367 g/mol. The minimum absolute atomic E-state index is 0.00849. The summed E-state index contributed by atoms with van der Waals surface area (Å²) in [5, 5.41) is 14.1. The summed E-state index contributed by atoms with van der Waals surface area (Å²) in [4.78, 5) is 28.2. The fraction of sp³-hybridized carbons (Fsp3) is 0.158. The average Bonchev–Trinajstić information content (AvgIpc) is 3.05. The topological polar surface area (TPSA) is 85.1 Å². The number of nitro benzene ring substituents is 1. The molecule has 0 saturated heterocycles. The van der Waals surface area contributed by atoms with Gasteiger partial charge < -0.3 is 5.32 Å². The molecule has 2 aromatic carbocycles. The van der Waals surface area contributed by atoms with E-state index in [4.69, 9.17) is 0 Å². The molecular weight excluding hydrogens is 350 g/mol. The highest BCUT2D eigenvalue weighted by Gasteiger charge is 2.14. The summed E-state index contributed by atoms with van der Waals surface area (Å²) < 4.78 is 0. The maximum atomic E-state index is 12.3. The van der Waals surface area contributed by atoms with Crippen LogP contribution in [0.3, 0.4) is 0 Å². The van der Waals surface area contributed by atoms with Crippen molar-refractivity contribution in [2.45, 2.75) is 19.8 Å². The Morgan fingerprint density at radius 2 is 1.85 bits per heavy atom. The number of aromatic nitrogens is 1. The molecule has 7 heteroatoms. The molecule has 0 aliphatic carbocycles. The molecule has 0 bridgehead atoms. The lowest BCUT2D eigenvalue weighted by Gasteiger charge is -2.02. The van der Waals surface area contributed by atoms with Crippen LogP contribution in [0.4, 0.5) is 10.8 Å². The lowest BCUT2D eigenvalue weighted by molar-refractivity contribution is -0.384. The number of hydrogen-bond acceptors (Lipinski definition) is 5. The Morgan fingerprint density at radius 3 is 2.46 bits per heavy atom. The third-order valence-electron chi connectivity index (χ3n) is 3.82. The van der Waals surface area contributed by atoms with Crippen molar-refractivity contribution in [3.8, 4) is 11.3 Å². The van der Waals surface area contributed by atoms with Crippen molar-refractivity contribution >= 4 is 28.1 Å². The van der Waals surface area contributed by atoms with Gasteiger partial charge in [0.2, 0.25) is 5.91 Å². The number of hydrogen-bond donors (Lipinski definition) is 1. The standard InChI is InChI=1S/C19H17N3O3S/c1-2-16-18(14-6-4-3-5-7-14)21-19(26-16)20-17(23)12-13-8-10-15(11-9-13)22(24)25/h3-11H,2,12H2,1H3,(H,20,21,23). The Morgan fingerprint density at radius 1 is 1.15 bits per heavy atom. The number of nitro groups is 1. The second kappa shape index (κ2) is 7.88. The Labute approximate surface area is 154 Å². The van der Waals surface area contributed by atoms with Gasteiger partial charge in [-0.3, -0.25) is 14.9 Å². The molecule has 3 rings (SSSR count). The van der Waals surface area contributed by atoms with Crippen LogP contribution in [0.15, 0.2) is 54.6 Å². The third kappa shape index (κ3) is 4.12. The zero-order chi connectivity index (χ0) is 18.5. The van der Waals surface area contributed by atoms with Crippen molar-refractivity contribution in [1.29, 1.82) is 0 Å². The van der Waals surface area contributed by atoms with Crippen LogP contribution in [0.1, 0.15) is 17.4 Å². The highest BCUT2D eigenvalue weighted by molar-refractivity contribution is 7.16. The minimum Gasteiger partial charge on any atom is -0.302 e. The number of non-ortho nitro benzene ring substituents is 1.